The van der Waals surface area contributed by atoms with E-state index < -0.39 is 0 Å². The largest absolute Gasteiger partial charge is 0.497 e. The van der Waals surface area contributed by atoms with Crippen molar-refractivity contribution in [2.24, 2.45) is 0 Å². The molecule has 0 spiro atoms. The number of ether oxygens (including phenoxy) is 1. The predicted octanol–water partition coefficient (Wildman–Crippen LogP) is 3.80. The summed E-state index contributed by atoms with van der Waals surface area (Å²) < 4.78 is 8.47. The molecule has 20 heavy (non-hydrogen) atoms. The Morgan fingerprint density at radius 2 is 2.20 bits per heavy atom. The highest BCUT2D eigenvalue weighted by Crippen LogP contribution is 2.42. The lowest BCUT2D eigenvalue weighted by Crippen LogP contribution is -2.04. The van der Waals surface area contributed by atoms with Gasteiger partial charge in [0, 0.05) is 22.5 Å². The van der Waals surface area contributed by atoms with Crippen LogP contribution in [0.3, 0.4) is 0 Å². The Hall–Kier alpha value is -1.49. The van der Waals surface area contributed by atoms with E-state index in [-0.39, 0.29) is 0 Å². The van der Waals surface area contributed by atoms with Crippen molar-refractivity contribution in [3.8, 4) is 17.0 Å². The molecule has 2 N–H and O–H groups in total. The number of nitrogens with two attached hydrogens (primary N) is 1. The molecule has 0 radical (unpaired) electrons. The van der Waals surface area contributed by atoms with Gasteiger partial charge in [0.15, 0.2) is 0 Å². The maximum Gasteiger partial charge on any atom is 0.132 e. The summed E-state index contributed by atoms with van der Waals surface area (Å²) in [6.07, 6.45) is 3.29. The van der Waals surface area contributed by atoms with Gasteiger partial charge in [-0.05, 0) is 31.0 Å². The van der Waals surface area contributed by atoms with E-state index in [1.54, 1.807) is 7.11 Å². The monoisotopic (exact) mass is 335 g/mol. The lowest BCUT2D eigenvalue weighted by atomic mass is 10.1. The van der Waals surface area contributed by atoms with Crippen molar-refractivity contribution in [2.75, 3.05) is 12.8 Å². The number of aromatic nitrogens is 2. The molecule has 0 atom stereocenters. The molecular weight excluding hydrogens is 318 g/mol. The van der Waals surface area contributed by atoms with Gasteiger partial charge in [-0.25, -0.2) is 4.98 Å². The molecule has 106 valence electrons. The fraction of sp³-hybridized carbons (Fsp3) is 0.400. The van der Waals surface area contributed by atoms with E-state index in [0.717, 1.165) is 39.5 Å². The van der Waals surface area contributed by atoms with Gasteiger partial charge in [0.25, 0.3) is 0 Å². The number of hydrogen-bond acceptors (Lipinski definition) is 3. The molecule has 0 saturated heterocycles. The van der Waals surface area contributed by atoms with Crippen molar-refractivity contribution in [1.82, 2.24) is 9.55 Å². The topological polar surface area (TPSA) is 53.1 Å². The van der Waals surface area contributed by atoms with Crippen molar-refractivity contribution in [1.29, 1.82) is 0 Å². The van der Waals surface area contributed by atoms with Crippen LogP contribution in [0.4, 0.5) is 5.82 Å². The SMILES string of the molecule is CCc1nc(-c2cc(OC)ccc2Br)c(N)n1C1CC1. The molecule has 5 heteroatoms. The Kier molecular flexibility index (Phi) is 3.46. The number of nitrogens with zero attached hydrogens (tertiary/aromatic N) is 2. The first-order chi connectivity index (χ1) is 9.65. The highest BCUT2D eigenvalue weighted by atomic mass is 79.9. The van der Waals surface area contributed by atoms with E-state index >= 15 is 0 Å². The van der Waals surface area contributed by atoms with Crippen LogP contribution in [0.1, 0.15) is 31.6 Å². The number of benzene rings is 1. The van der Waals surface area contributed by atoms with Gasteiger partial charge in [-0.3, -0.25) is 0 Å². The van der Waals surface area contributed by atoms with E-state index in [4.69, 9.17) is 15.5 Å². The summed E-state index contributed by atoms with van der Waals surface area (Å²) in [5, 5.41) is 0. The molecule has 0 amide bonds. The molecule has 4 nitrogen and oxygen atoms in total. The number of nitrogen functional groups attached to an aromatic ring is 1. The van der Waals surface area contributed by atoms with Crippen molar-refractivity contribution in [3.63, 3.8) is 0 Å². The van der Waals surface area contributed by atoms with Gasteiger partial charge >= 0.3 is 0 Å². The number of halogens is 1. The smallest absolute Gasteiger partial charge is 0.132 e. The minimum absolute atomic E-state index is 0.538. The zero-order valence-corrected chi connectivity index (χ0v) is 13.3. The third-order valence-corrected chi connectivity index (χ3v) is 4.37. The summed E-state index contributed by atoms with van der Waals surface area (Å²) in [5.74, 6) is 2.63. The summed E-state index contributed by atoms with van der Waals surface area (Å²) in [4.78, 5) is 4.75. The summed E-state index contributed by atoms with van der Waals surface area (Å²) in [5.41, 5.74) is 8.18. The fourth-order valence-corrected chi connectivity index (χ4v) is 2.93. The molecule has 0 bridgehead atoms. The average molecular weight is 336 g/mol. The van der Waals surface area contributed by atoms with Gasteiger partial charge in [0.05, 0.1) is 7.11 Å². The highest BCUT2D eigenvalue weighted by Gasteiger charge is 2.29. The van der Waals surface area contributed by atoms with Crippen LogP contribution >= 0.6 is 15.9 Å². The minimum Gasteiger partial charge on any atom is -0.497 e. The standard InChI is InChI=1S/C15H18BrN3O/c1-3-13-18-14(15(17)19(13)9-4-5-9)11-8-10(20-2)6-7-12(11)16/h6-9H,3-5,17H2,1-2H3. The summed E-state index contributed by atoms with van der Waals surface area (Å²) in [7, 11) is 1.66. The molecule has 2 aromatic rings. The Morgan fingerprint density at radius 1 is 1.45 bits per heavy atom. The molecule has 0 unspecified atom stereocenters. The molecule has 1 aromatic carbocycles. The zero-order valence-electron chi connectivity index (χ0n) is 11.7. The van der Waals surface area contributed by atoms with E-state index in [0.29, 0.717) is 6.04 Å². The van der Waals surface area contributed by atoms with Gasteiger partial charge in [-0.15, -0.1) is 0 Å². The highest BCUT2D eigenvalue weighted by molar-refractivity contribution is 9.10. The molecule has 3 rings (SSSR count). The second-order valence-corrected chi connectivity index (χ2v) is 5.92. The summed E-state index contributed by atoms with van der Waals surface area (Å²) in [6.45, 7) is 2.12. The van der Waals surface area contributed by atoms with Crippen LogP contribution < -0.4 is 10.5 Å². The maximum absolute atomic E-state index is 6.35. The van der Waals surface area contributed by atoms with E-state index in [1.165, 1.54) is 12.8 Å². The lowest BCUT2D eigenvalue weighted by Gasteiger charge is -2.08. The van der Waals surface area contributed by atoms with E-state index in [2.05, 4.69) is 27.4 Å². The van der Waals surface area contributed by atoms with Crippen LogP contribution in [0.2, 0.25) is 0 Å². The first-order valence-corrected chi connectivity index (χ1v) is 7.65. The van der Waals surface area contributed by atoms with E-state index in [9.17, 15) is 0 Å². The van der Waals surface area contributed by atoms with E-state index in [1.807, 2.05) is 18.2 Å². The number of imidazole rings is 1. The van der Waals surface area contributed by atoms with Crippen LogP contribution in [0.5, 0.6) is 5.75 Å². The van der Waals surface area contributed by atoms with Gasteiger partial charge in [-0.2, -0.15) is 0 Å². The zero-order chi connectivity index (χ0) is 14.3. The number of methoxy groups -OCH3 is 1. The van der Waals surface area contributed by atoms with Crippen LogP contribution in [0, 0.1) is 0 Å². The third-order valence-electron chi connectivity index (χ3n) is 3.68. The molecule has 1 saturated carbocycles. The molecule has 1 aliphatic rings. The second kappa shape index (κ2) is 5.13. The number of hydrogen-bond donors (Lipinski definition) is 1. The Bertz CT molecular complexity index is 647. The molecule has 1 aromatic heterocycles. The van der Waals surface area contributed by atoms with Crippen molar-refractivity contribution < 1.29 is 4.74 Å². The molecule has 1 fully saturated rings. The summed E-state index contributed by atoms with van der Waals surface area (Å²) in [6, 6.07) is 6.40. The molecular formula is C15H18BrN3O. The number of anilines is 1. The van der Waals surface area contributed by atoms with Gasteiger partial charge in [0.2, 0.25) is 0 Å². The second-order valence-electron chi connectivity index (χ2n) is 5.06. The van der Waals surface area contributed by atoms with Gasteiger partial charge in [0.1, 0.15) is 23.1 Å². The van der Waals surface area contributed by atoms with Crippen LogP contribution in [0.15, 0.2) is 22.7 Å². The maximum atomic E-state index is 6.35. The van der Waals surface area contributed by atoms with Crippen molar-refractivity contribution >= 4 is 21.7 Å². The number of rotatable bonds is 4. The quantitative estimate of drug-likeness (QED) is 0.924. The van der Waals surface area contributed by atoms with Crippen LogP contribution in [0.25, 0.3) is 11.3 Å². The van der Waals surface area contributed by atoms with Crippen molar-refractivity contribution in [3.05, 3.63) is 28.5 Å². The first kappa shape index (κ1) is 13.5. The first-order valence-electron chi connectivity index (χ1n) is 6.86. The predicted molar refractivity (Wildman–Crippen MR) is 84.0 cm³/mol. The number of aryl methyl sites for hydroxylation is 1. The minimum atomic E-state index is 0.538. The average Bonchev–Trinajstić information content (AvgIpc) is 3.23. The van der Waals surface area contributed by atoms with Gasteiger partial charge in [-0.1, -0.05) is 22.9 Å². The normalized spacial score (nSPS) is 14.6. The summed E-state index contributed by atoms with van der Waals surface area (Å²) >= 11 is 3.58. The van der Waals surface area contributed by atoms with Gasteiger partial charge < -0.3 is 15.0 Å². The van der Waals surface area contributed by atoms with Crippen LogP contribution in [-0.4, -0.2) is 16.7 Å². The molecule has 0 aliphatic heterocycles. The third kappa shape index (κ3) is 2.20. The fourth-order valence-electron chi connectivity index (χ4n) is 2.49. The van der Waals surface area contributed by atoms with Crippen molar-refractivity contribution in [2.45, 2.75) is 32.2 Å². The molecule has 1 aliphatic carbocycles. The Morgan fingerprint density at radius 3 is 2.80 bits per heavy atom. The Labute approximate surface area is 127 Å². The Balaban J connectivity index is 2.14. The molecule has 1 heterocycles. The van der Waals surface area contributed by atoms with Crippen LogP contribution in [-0.2, 0) is 6.42 Å². The lowest BCUT2D eigenvalue weighted by molar-refractivity contribution is 0.415.